The van der Waals surface area contributed by atoms with Gasteiger partial charge in [0.2, 0.25) is 0 Å². The number of carbonyl (C=O) groups excluding carboxylic acids is 1. The quantitative estimate of drug-likeness (QED) is 0.111. The summed E-state index contributed by atoms with van der Waals surface area (Å²) in [5, 5.41) is 17.9. The van der Waals surface area contributed by atoms with Gasteiger partial charge in [0.1, 0.15) is 47.7 Å². The lowest BCUT2D eigenvalue weighted by molar-refractivity contribution is -0.140. The van der Waals surface area contributed by atoms with Gasteiger partial charge in [-0.05, 0) is 90.8 Å². The number of ether oxygens (including phenoxy) is 5. The van der Waals surface area contributed by atoms with Gasteiger partial charge in [-0.1, -0.05) is 60.7 Å². The minimum absolute atomic E-state index is 0. The molecule has 5 aromatic carbocycles. The first-order valence-electron chi connectivity index (χ1n) is 14.7. The van der Waals surface area contributed by atoms with Crippen LogP contribution in [0.5, 0.6) is 34.5 Å². The van der Waals surface area contributed by atoms with E-state index in [-0.39, 0.29) is 41.4 Å². The highest BCUT2D eigenvalue weighted by molar-refractivity contribution is 15.0. The van der Waals surface area contributed by atoms with Crippen LogP contribution in [0.25, 0.3) is 0 Å². The van der Waals surface area contributed by atoms with E-state index in [0.717, 1.165) is 28.6 Å². The normalized spacial score (nSPS) is 8.94. The highest BCUT2D eigenvalue weighted by Gasteiger charge is 1.97. The molecule has 0 atom stereocenters. The molecule has 2 N–H and O–H groups in total. The van der Waals surface area contributed by atoms with Gasteiger partial charge in [0.15, 0.2) is 0 Å². The molecule has 0 heterocycles. The Bertz CT molecular complexity index is 1490. The van der Waals surface area contributed by atoms with Crippen molar-refractivity contribution in [2.75, 3.05) is 20.8 Å². The minimum atomic E-state index is -0.211. The molecule has 0 saturated carbocycles. The van der Waals surface area contributed by atoms with E-state index in [1.807, 2.05) is 84.9 Å². The van der Waals surface area contributed by atoms with Gasteiger partial charge in [-0.25, -0.2) is 0 Å². The SMILES string of the molecule is CCOC(C)=O.COc1ccc(O)cc1.COc1ccc(OCc2ccccc2)cc1.I.II.Oc1ccc(OCc2ccccc2)cc1. The summed E-state index contributed by atoms with van der Waals surface area (Å²) < 4.78 is 25.5. The van der Waals surface area contributed by atoms with Crippen LogP contribution in [-0.4, -0.2) is 37.0 Å². The summed E-state index contributed by atoms with van der Waals surface area (Å²) in [4.78, 5) is 9.82. The van der Waals surface area contributed by atoms with Crippen molar-refractivity contribution in [1.82, 2.24) is 0 Å². The predicted octanol–water partition coefficient (Wildman–Crippen LogP) is 10.6. The third-order valence-corrected chi connectivity index (χ3v) is 5.81. The second kappa shape index (κ2) is 29.5. The third kappa shape index (κ3) is 22.8. The Morgan fingerprint density at radius 1 is 0.551 bits per heavy atom. The van der Waals surface area contributed by atoms with Gasteiger partial charge in [0, 0.05) is 44.2 Å². The number of hydrogen-bond donors (Lipinski definition) is 2. The zero-order valence-electron chi connectivity index (χ0n) is 27.8. The van der Waals surface area contributed by atoms with Crippen molar-refractivity contribution in [2.45, 2.75) is 27.1 Å². The van der Waals surface area contributed by atoms with Crippen LogP contribution in [0, 0.1) is 0 Å². The van der Waals surface area contributed by atoms with Crippen LogP contribution in [-0.2, 0) is 22.7 Å². The average Bonchev–Trinajstić information content (AvgIpc) is 3.13. The number of hydrogen-bond acceptors (Lipinski definition) is 8. The summed E-state index contributed by atoms with van der Waals surface area (Å²) in [6.45, 7) is 4.79. The fourth-order valence-corrected chi connectivity index (χ4v) is 3.48. The molecule has 0 aliphatic heterocycles. The summed E-state index contributed by atoms with van der Waals surface area (Å²) >= 11 is 4.24. The lowest BCUT2D eigenvalue weighted by Crippen LogP contribution is -1.95. The molecule has 8 nitrogen and oxygen atoms in total. The third-order valence-electron chi connectivity index (χ3n) is 5.81. The first-order chi connectivity index (χ1) is 23.3. The fraction of sp³-hybridized carbons (Fsp3) is 0.184. The Hall–Kier alpha value is -3.44. The number of benzene rings is 5. The van der Waals surface area contributed by atoms with E-state index < -0.39 is 0 Å². The second-order valence-electron chi connectivity index (χ2n) is 9.34. The van der Waals surface area contributed by atoms with Gasteiger partial charge < -0.3 is 33.9 Å². The van der Waals surface area contributed by atoms with E-state index in [2.05, 4.69) is 42.0 Å². The molecule has 5 aromatic rings. The van der Waals surface area contributed by atoms with Crippen LogP contribution in [0.15, 0.2) is 133 Å². The maximum Gasteiger partial charge on any atom is 0.302 e. The van der Waals surface area contributed by atoms with Crippen LogP contribution in [0.2, 0.25) is 0 Å². The summed E-state index contributed by atoms with van der Waals surface area (Å²) in [6.07, 6.45) is 0. The average molecular weight is 1010 g/mol. The maximum absolute atomic E-state index is 9.82. The molecule has 0 aliphatic rings. The van der Waals surface area contributed by atoms with Crippen LogP contribution < -0.4 is 18.9 Å². The second-order valence-corrected chi connectivity index (χ2v) is 9.34. The van der Waals surface area contributed by atoms with Crippen molar-refractivity contribution in [1.29, 1.82) is 0 Å². The molecule has 49 heavy (non-hydrogen) atoms. The van der Waals surface area contributed by atoms with Crippen molar-refractivity contribution in [3.8, 4) is 34.5 Å². The minimum Gasteiger partial charge on any atom is -0.508 e. The number of aromatic hydroxyl groups is 2. The Morgan fingerprint density at radius 2 is 0.857 bits per heavy atom. The van der Waals surface area contributed by atoms with Crippen LogP contribution >= 0.6 is 61.2 Å². The van der Waals surface area contributed by atoms with Gasteiger partial charge in [0.05, 0.1) is 20.8 Å². The Labute approximate surface area is 330 Å². The lowest BCUT2D eigenvalue weighted by Gasteiger charge is -2.06. The van der Waals surface area contributed by atoms with Crippen molar-refractivity contribution >= 4 is 67.2 Å². The van der Waals surface area contributed by atoms with Crippen LogP contribution in [0.4, 0.5) is 0 Å². The molecular formula is C38H43I3O8. The van der Waals surface area contributed by atoms with Crippen molar-refractivity contribution in [3.63, 3.8) is 0 Å². The molecule has 0 aromatic heterocycles. The van der Waals surface area contributed by atoms with Gasteiger partial charge in [-0.15, -0.1) is 24.0 Å². The fourth-order valence-electron chi connectivity index (χ4n) is 3.48. The van der Waals surface area contributed by atoms with E-state index >= 15 is 0 Å². The molecule has 0 amide bonds. The molecule has 0 bridgehead atoms. The lowest BCUT2D eigenvalue weighted by atomic mass is 10.2. The Kier molecular flexibility index (Phi) is 27.4. The molecule has 0 saturated heterocycles. The largest absolute Gasteiger partial charge is 0.508 e. The topological polar surface area (TPSA) is 104 Å². The number of carbonyl (C=O) groups is 1. The zero-order chi connectivity index (χ0) is 35.4. The predicted molar refractivity (Wildman–Crippen MR) is 223 cm³/mol. The Balaban J connectivity index is 0.000000647. The van der Waals surface area contributed by atoms with Crippen molar-refractivity contribution in [3.05, 3.63) is 145 Å². The number of phenolic OH excluding ortho intramolecular Hbond substituents is 2. The number of methoxy groups -OCH3 is 2. The van der Waals surface area contributed by atoms with Gasteiger partial charge in [-0.2, -0.15) is 0 Å². The van der Waals surface area contributed by atoms with Crippen LogP contribution in [0.1, 0.15) is 25.0 Å². The highest BCUT2D eigenvalue weighted by atomic mass is 128. The highest BCUT2D eigenvalue weighted by Crippen LogP contribution is 2.19. The van der Waals surface area contributed by atoms with E-state index in [4.69, 9.17) is 29.2 Å². The first kappa shape index (κ1) is 45.6. The molecule has 264 valence electrons. The van der Waals surface area contributed by atoms with E-state index in [9.17, 15) is 4.79 Å². The molecule has 0 radical (unpaired) electrons. The standard InChI is InChI=1S/C14H14O2.C13H12O2.C7H8O2.C4H8O2.I2.HI/c1-15-13-7-9-14(10-8-13)16-11-12-5-3-2-4-6-12;14-12-6-8-13(9-7-12)15-10-11-4-2-1-3-5-11;1-9-7-4-2-6(8)3-5-7;1-3-6-4(2)5;1-2;/h2-10H,11H2,1H3;1-9,14H,10H2;2-5,8H,1H3;3H2,1-2H3;;1H. The number of rotatable bonds is 9. The van der Waals surface area contributed by atoms with E-state index in [0.29, 0.717) is 19.8 Å². The molecule has 0 spiro atoms. The number of esters is 1. The summed E-state index contributed by atoms with van der Waals surface area (Å²) in [7, 11) is 3.24. The molecule has 5 rings (SSSR count). The zero-order valence-corrected chi connectivity index (χ0v) is 34.5. The number of phenols is 2. The molecule has 11 heteroatoms. The first-order valence-corrected chi connectivity index (χ1v) is 21.0. The maximum atomic E-state index is 9.82. The molecule has 0 fully saturated rings. The summed E-state index contributed by atoms with van der Waals surface area (Å²) in [6, 6.07) is 40.9. The molecule has 0 unspecified atom stereocenters. The molecule has 0 aliphatic carbocycles. The Morgan fingerprint density at radius 3 is 1.14 bits per heavy atom. The van der Waals surface area contributed by atoms with Crippen molar-refractivity contribution in [2.24, 2.45) is 0 Å². The van der Waals surface area contributed by atoms with Gasteiger partial charge in [-0.3, -0.25) is 4.79 Å². The van der Waals surface area contributed by atoms with E-state index in [1.54, 1.807) is 69.7 Å². The summed E-state index contributed by atoms with van der Waals surface area (Å²) in [5.41, 5.74) is 2.30. The number of halogens is 3. The van der Waals surface area contributed by atoms with Gasteiger partial charge in [0.25, 0.3) is 0 Å². The summed E-state index contributed by atoms with van der Waals surface area (Å²) in [5.74, 6) is 3.51. The monoisotopic (exact) mass is 1010 g/mol. The van der Waals surface area contributed by atoms with Crippen LogP contribution in [0.3, 0.4) is 0 Å². The van der Waals surface area contributed by atoms with Crippen molar-refractivity contribution < 1.29 is 38.7 Å². The smallest absolute Gasteiger partial charge is 0.302 e. The molecular weight excluding hydrogens is 965 g/mol. The van der Waals surface area contributed by atoms with E-state index in [1.165, 1.54) is 12.5 Å². The van der Waals surface area contributed by atoms with Gasteiger partial charge >= 0.3 is 5.97 Å².